The quantitative estimate of drug-likeness (QED) is 0.325. The molecular weight excluding hydrogens is 440 g/mol. The highest BCUT2D eigenvalue weighted by molar-refractivity contribution is 8.23. The van der Waals surface area contributed by atoms with Crippen molar-refractivity contribution < 1.29 is 14.2 Å². The Morgan fingerprint density at radius 3 is 2.42 bits per heavy atom. The Labute approximate surface area is 190 Å². The van der Waals surface area contributed by atoms with Crippen LogP contribution in [-0.4, -0.2) is 30.4 Å². The van der Waals surface area contributed by atoms with E-state index in [0.717, 1.165) is 5.56 Å². The maximum atomic E-state index is 13.6. The van der Waals surface area contributed by atoms with Crippen molar-refractivity contribution in [2.45, 2.75) is 11.8 Å². The second-order valence-corrected chi connectivity index (χ2v) is 9.15. The maximum absolute atomic E-state index is 13.6. The Morgan fingerprint density at radius 1 is 0.970 bits per heavy atom. The number of nitrogens with one attached hydrogen (secondary N) is 1. The Balaban J connectivity index is 1.77. The number of fused-ring (bicyclic) bond motifs is 2. The first-order chi connectivity index (χ1) is 15.9. The summed E-state index contributed by atoms with van der Waals surface area (Å²) in [6.45, 7) is 1.78. The lowest BCUT2D eigenvalue weighted by molar-refractivity contribution is 0.478. The summed E-state index contributed by atoms with van der Waals surface area (Å²) in [6, 6.07) is 22.8. The lowest BCUT2D eigenvalue weighted by Crippen LogP contribution is -2.31. The molecule has 1 aliphatic rings. The van der Waals surface area contributed by atoms with Crippen LogP contribution in [-0.2, 0) is 0 Å². The van der Waals surface area contributed by atoms with Gasteiger partial charge in [-0.05, 0) is 36.8 Å². The van der Waals surface area contributed by atoms with Gasteiger partial charge in [0.15, 0.2) is 5.84 Å². The van der Waals surface area contributed by atoms with Gasteiger partial charge >= 0.3 is 0 Å². The Morgan fingerprint density at radius 2 is 1.64 bits per heavy atom. The molecule has 5 rings (SSSR count). The number of rotatable bonds is 3. The van der Waals surface area contributed by atoms with E-state index in [4.69, 9.17) is 0 Å². The molecule has 0 saturated carbocycles. The van der Waals surface area contributed by atoms with E-state index in [9.17, 15) is 19.0 Å². The molecule has 4 aromatic rings. The van der Waals surface area contributed by atoms with Gasteiger partial charge in [0.1, 0.15) is 16.2 Å². The lowest BCUT2D eigenvalue weighted by Gasteiger charge is -2.34. The summed E-state index contributed by atoms with van der Waals surface area (Å²) >= 11 is 0. The van der Waals surface area contributed by atoms with E-state index in [0.29, 0.717) is 22.3 Å². The first-order valence-electron chi connectivity index (χ1n) is 10.1. The van der Waals surface area contributed by atoms with Crippen LogP contribution in [0.1, 0.15) is 18.1 Å². The third-order valence-corrected chi connectivity index (χ3v) is 6.75. The molecule has 166 valence electrons. The molecule has 0 aliphatic carbocycles. The fourth-order valence-electron chi connectivity index (χ4n) is 3.75. The van der Waals surface area contributed by atoms with Gasteiger partial charge in [-0.1, -0.05) is 65.4 Å². The summed E-state index contributed by atoms with van der Waals surface area (Å²) in [5.74, 6) is -0.455. The number of benzene rings is 3. The van der Waals surface area contributed by atoms with Crippen LogP contribution in [0.2, 0.25) is 0 Å². The number of nitrogens with zero attached hydrogens (tertiary/aromatic N) is 3. The molecule has 0 spiro atoms. The predicted octanol–water partition coefficient (Wildman–Crippen LogP) is 4.88. The number of pyridine rings is 1. The Hall–Kier alpha value is -3.92. The molecule has 9 heteroatoms. The van der Waals surface area contributed by atoms with Gasteiger partial charge in [-0.2, -0.15) is 9.78 Å². The second-order valence-electron chi connectivity index (χ2n) is 7.49. The topological polar surface area (TPSA) is 119 Å². The molecule has 0 amide bonds. The molecule has 0 atom stereocenters. The summed E-state index contributed by atoms with van der Waals surface area (Å²) in [5, 5.41) is 18.9. The first-order valence-corrected chi connectivity index (χ1v) is 11.6. The first kappa shape index (κ1) is 21.0. The van der Waals surface area contributed by atoms with Crippen LogP contribution in [0, 0.1) is 0 Å². The van der Waals surface area contributed by atoms with E-state index < -0.39 is 16.3 Å². The van der Waals surface area contributed by atoms with E-state index in [1.54, 1.807) is 55.5 Å². The summed E-state index contributed by atoms with van der Waals surface area (Å²) < 4.78 is 26.4. The highest BCUT2D eigenvalue weighted by Gasteiger charge is 2.30. The molecule has 3 aromatic carbocycles. The number of hydrogen-bond donors (Lipinski definition) is 4. The number of aromatic nitrogens is 1. The van der Waals surface area contributed by atoms with Gasteiger partial charge in [0, 0.05) is 5.39 Å². The van der Waals surface area contributed by atoms with Crippen LogP contribution in [0.15, 0.2) is 98.1 Å². The third-order valence-electron chi connectivity index (χ3n) is 5.36. The van der Waals surface area contributed by atoms with Crippen LogP contribution in [0.5, 0.6) is 5.75 Å². The number of aromatic hydroxyl groups is 1. The smallest absolute Gasteiger partial charge is 0.286 e. The molecule has 2 heterocycles. The number of para-hydroxylation sites is 2. The van der Waals surface area contributed by atoms with Gasteiger partial charge in [-0.25, -0.2) is 0 Å². The average Bonchev–Trinajstić information content (AvgIpc) is 2.82. The minimum Gasteiger partial charge on any atom is -0.506 e. The standard InChI is InChI=1S/C24H20N4O4S/c1-15(16-9-3-2-4-10-16)26-28-19-13-7-5-11-17(19)22(29)21(24(28)30)23-25-18-12-6-8-14-20(18)33(31,32)27-23/h2-14,29,31-32H,1H3,(H,25,27). The zero-order chi connectivity index (χ0) is 23.2. The average molecular weight is 461 g/mol. The van der Waals surface area contributed by atoms with Crippen molar-refractivity contribution in [1.29, 1.82) is 0 Å². The number of amidine groups is 1. The zero-order valence-corrected chi connectivity index (χ0v) is 18.3. The van der Waals surface area contributed by atoms with Crippen molar-refractivity contribution in [2.24, 2.45) is 9.50 Å². The molecule has 1 aromatic heterocycles. The van der Waals surface area contributed by atoms with Gasteiger partial charge in [-0.3, -0.25) is 13.9 Å². The molecule has 0 fully saturated rings. The lowest BCUT2D eigenvalue weighted by atomic mass is 10.1. The van der Waals surface area contributed by atoms with Crippen molar-refractivity contribution in [1.82, 2.24) is 4.68 Å². The molecular formula is C24H20N4O4S. The van der Waals surface area contributed by atoms with Gasteiger partial charge in [0.05, 0.1) is 16.9 Å². The van der Waals surface area contributed by atoms with Crippen molar-refractivity contribution >= 4 is 38.9 Å². The Bertz CT molecular complexity index is 1510. The van der Waals surface area contributed by atoms with E-state index >= 15 is 0 Å². The number of hydrogen-bond acceptors (Lipinski definition) is 7. The molecule has 0 radical (unpaired) electrons. The van der Waals surface area contributed by atoms with Gasteiger partial charge in [0.2, 0.25) is 0 Å². The molecule has 0 unspecified atom stereocenters. The third kappa shape index (κ3) is 3.58. The molecule has 1 aliphatic heterocycles. The van der Waals surface area contributed by atoms with Gasteiger partial charge in [0.25, 0.3) is 5.56 Å². The van der Waals surface area contributed by atoms with E-state index in [-0.39, 0.29) is 22.0 Å². The van der Waals surface area contributed by atoms with Gasteiger partial charge in [-0.15, -0.1) is 4.40 Å². The van der Waals surface area contributed by atoms with E-state index in [1.807, 2.05) is 30.3 Å². The highest BCUT2D eigenvalue weighted by atomic mass is 32.3. The van der Waals surface area contributed by atoms with Crippen LogP contribution in [0.3, 0.4) is 0 Å². The second kappa shape index (κ2) is 7.89. The van der Waals surface area contributed by atoms with Crippen molar-refractivity contribution in [3.8, 4) is 5.75 Å². The van der Waals surface area contributed by atoms with E-state index in [2.05, 4.69) is 14.8 Å². The number of anilines is 1. The molecule has 4 N–H and O–H groups in total. The maximum Gasteiger partial charge on any atom is 0.286 e. The zero-order valence-electron chi connectivity index (χ0n) is 17.5. The summed E-state index contributed by atoms with van der Waals surface area (Å²) in [5.41, 5.74) is 1.37. The van der Waals surface area contributed by atoms with Crippen molar-refractivity contribution in [3.05, 3.63) is 100 Å². The largest absolute Gasteiger partial charge is 0.506 e. The van der Waals surface area contributed by atoms with Crippen molar-refractivity contribution in [3.63, 3.8) is 0 Å². The van der Waals surface area contributed by atoms with Crippen LogP contribution < -0.4 is 10.9 Å². The van der Waals surface area contributed by atoms with Crippen molar-refractivity contribution in [2.75, 3.05) is 5.32 Å². The van der Waals surface area contributed by atoms with Crippen LogP contribution >= 0.6 is 10.8 Å². The summed E-state index contributed by atoms with van der Waals surface area (Å²) in [7, 11) is -3.57. The van der Waals surface area contributed by atoms with Gasteiger partial charge < -0.3 is 10.4 Å². The minimum absolute atomic E-state index is 0.136. The van der Waals surface area contributed by atoms with Crippen LogP contribution in [0.25, 0.3) is 10.9 Å². The predicted molar refractivity (Wildman–Crippen MR) is 132 cm³/mol. The van der Waals surface area contributed by atoms with E-state index in [1.165, 1.54) is 4.68 Å². The highest BCUT2D eigenvalue weighted by Crippen LogP contribution is 2.55. The summed E-state index contributed by atoms with van der Waals surface area (Å²) in [4.78, 5) is 13.8. The van der Waals surface area contributed by atoms with Crippen LogP contribution in [0.4, 0.5) is 5.69 Å². The molecule has 33 heavy (non-hydrogen) atoms. The normalized spacial score (nSPS) is 16.0. The molecule has 0 saturated heterocycles. The molecule has 0 bridgehead atoms. The minimum atomic E-state index is -3.57. The fourth-order valence-corrected chi connectivity index (χ4v) is 4.92. The Kier molecular flexibility index (Phi) is 5.01. The fraction of sp³-hybridized carbons (Fsp3) is 0.0417. The molecule has 8 nitrogen and oxygen atoms in total. The monoisotopic (exact) mass is 460 g/mol. The SMILES string of the molecule is CC(=Nn1c(=O)c(C2=NS(O)(O)c3ccccc3N2)c(O)c2ccccc21)c1ccccc1. The summed E-state index contributed by atoms with van der Waals surface area (Å²) in [6.07, 6.45) is 0.